The van der Waals surface area contributed by atoms with Gasteiger partial charge in [0.1, 0.15) is 0 Å². The SMILES string of the molecule is CC(C)(C)NCC(=O)Nc1cc(Cl)c(O)c(Cl)c1. The summed E-state index contributed by atoms with van der Waals surface area (Å²) in [6, 6.07) is 2.88. The monoisotopic (exact) mass is 290 g/mol. The molecular formula is C12H16Cl2N2O2. The quantitative estimate of drug-likeness (QED) is 0.750. The van der Waals surface area contributed by atoms with Gasteiger partial charge in [-0.25, -0.2) is 0 Å². The second-order valence-electron chi connectivity index (χ2n) is 4.94. The molecule has 0 atom stereocenters. The zero-order valence-corrected chi connectivity index (χ0v) is 12.0. The predicted molar refractivity (Wildman–Crippen MR) is 74.5 cm³/mol. The number of aromatic hydroxyl groups is 1. The molecule has 1 amide bonds. The van der Waals surface area contributed by atoms with Crippen LogP contribution in [0.3, 0.4) is 0 Å². The largest absolute Gasteiger partial charge is 0.505 e. The van der Waals surface area contributed by atoms with Gasteiger partial charge in [0, 0.05) is 11.2 Å². The molecule has 100 valence electrons. The minimum absolute atomic E-state index is 0.0987. The number of hydrogen-bond donors (Lipinski definition) is 3. The van der Waals surface area contributed by atoms with E-state index in [0.29, 0.717) is 5.69 Å². The van der Waals surface area contributed by atoms with Crippen LogP contribution in [-0.4, -0.2) is 23.1 Å². The maximum atomic E-state index is 11.6. The molecule has 3 N–H and O–H groups in total. The number of halogens is 2. The van der Waals surface area contributed by atoms with Crippen molar-refractivity contribution in [2.75, 3.05) is 11.9 Å². The van der Waals surface area contributed by atoms with Gasteiger partial charge in [-0.15, -0.1) is 0 Å². The molecular weight excluding hydrogens is 275 g/mol. The fourth-order valence-electron chi connectivity index (χ4n) is 1.19. The first-order valence-corrected chi connectivity index (χ1v) is 6.17. The molecule has 0 aromatic heterocycles. The topological polar surface area (TPSA) is 61.4 Å². The third-order valence-electron chi connectivity index (χ3n) is 2.08. The first kappa shape index (κ1) is 15.1. The van der Waals surface area contributed by atoms with Crippen LogP contribution in [0.1, 0.15) is 20.8 Å². The van der Waals surface area contributed by atoms with Gasteiger partial charge in [-0.05, 0) is 32.9 Å². The van der Waals surface area contributed by atoms with Crippen LogP contribution in [0.15, 0.2) is 12.1 Å². The van der Waals surface area contributed by atoms with Crippen LogP contribution >= 0.6 is 23.2 Å². The first-order chi connectivity index (χ1) is 8.19. The number of carbonyl (C=O) groups excluding carboxylic acids is 1. The summed E-state index contributed by atoms with van der Waals surface area (Å²) in [5.41, 5.74) is 0.310. The Morgan fingerprint density at radius 1 is 1.28 bits per heavy atom. The van der Waals surface area contributed by atoms with Crippen molar-refractivity contribution in [3.8, 4) is 5.75 Å². The second-order valence-corrected chi connectivity index (χ2v) is 5.75. The number of phenols is 1. The minimum atomic E-state index is -0.206. The number of carbonyl (C=O) groups is 1. The van der Waals surface area contributed by atoms with Gasteiger partial charge >= 0.3 is 0 Å². The van der Waals surface area contributed by atoms with E-state index in [1.54, 1.807) is 0 Å². The van der Waals surface area contributed by atoms with Crippen LogP contribution in [0.2, 0.25) is 10.0 Å². The predicted octanol–water partition coefficient (Wildman–Crippen LogP) is 3.03. The summed E-state index contributed by atoms with van der Waals surface area (Å²) < 4.78 is 0. The first-order valence-electron chi connectivity index (χ1n) is 5.42. The molecule has 0 heterocycles. The highest BCUT2D eigenvalue weighted by atomic mass is 35.5. The summed E-state index contributed by atoms with van der Waals surface area (Å²) in [4.78, 5) is 11.6. The molecule has 4 nitrogen and oxygen atoms in total. The zero-order chi connectivity index (χ0) is 13.9. The molecule has 0 aliphatic heterocycles. The molecule has 1 rings (SSSR count). The Labute approximate surface area is 116 Å². The number of benzene rings is 1. The van der Waals surface area contributed by atoms with E-state index in [4.69, 9.17) is 23.2 Å². The number of hydrogen-bond acceptors (Lipinski definition) is 3. The Kier molecular flexibility index (Phi) is 4.85. The van der Waals surface area contributed by atoms with Gasteiger partial charge in [-0.3, -0.25) is 4.79 Å². The van der Waals surface area contributed by atoms with Gasteiger partial charge in [-0.1, -0.05) is 23.2 Å². The van der Waals surface area contributed by atoms with Crippen molar-refractivity contribution in [2.45, 2.75) is 26.3 Å². The van der Waals surface area contributed by atoms with Crippen molar-refractivity contribution in [2.24, 2.45) is 0 Å². The Morgan fingerprint density at radius 2 is 1.78 bits per heavy atom. The average Bonchev–Trinajstić information content (AvgIpc) is 2.22. The fraction of sp³-hybridized carbons (Fsp3) is 0.417. The zero-order valence-electron chi connectivity index (χ0n) is 10.5. The van der Waals surface area contributed by atoms with Crippen molar-refractivity contribution in [3.63, 3.8) is 0 Å². The van der Waals surface area contributed by atoms with Gasteiger partial charge in [-0.2, -0.15) is 0 Å². The molecule has 1 aromatic rings. The van der Waals surface area contributed by atoms with Gasteiger partial charge in [0.05, 0.1) is 16.6 Å². The van der Waals surface area contributed by atoms with Crippen LogP contribution in [0.25, 0.3) is 0 Å². The number of phenolic OH excluding ortho intramolecular Hbond substituents is 1. The lowest BCUT2D eigenvalue weighted by atomic mass is 10.1. The molecule has 0 bridgehead atoms. The van der Waals surface area contributed by atoms with Crippen molar-refractivity contribution >= 4 is 34.8 Å². The summed E-state index contributed by atoms with van der Waals surface area (Å²) in [7, 11) is 0. The normalized spacial score (nSPS) is 11.4. The number of anilines is 1. The fourth-order valence-corrected chi connectivity index (χ4v) is 1.68. The summed E-state index contributed by atoms with van der Waals surface area (Å²) in [5, 5.41) is 15.3. The number of amides is 1. The van der Waals surface area contributed by atoms with E-state index in [2.05, 4.69) is 10.6 Å². The lowest BCUT2D eigenvalue weighted by Crippen LogP contribution is -2.41. The van der Waals surface area contributed by atoms with Crippen LogP contribution < -0.4 is 10.6 Å². The van der Waals surface area contributed by atoms with Crippen molar-refractivity contribution in [3.05, 3.63) is 22.2 Å². The summed E-state index contributed by atoms with van der Waals surface area (Å²) >= 11 is 11.5. The minimum Gasteiger partial charge on any atom is -0.505 e. The van der Waals surface area contributed by atoms with E-state index in [1.165, 1.54) is 12.1 Å². The Morgan fingerprint density at radius 3 is 2.22 bits per heavy atom. The third kappa shape index (κ3) is 4.72. The third-order valence-corrected chi connectivity index (χ3v) is 2.66. The van der Waals surface area contributed by atoms with Crippen LogP contribution in [0.5, 0.6) is 5.75 Å². The van der Waals surface area contributed by atoms with Crippen molar-refractivity contribution < 1.29 is 9.90 Å². The van der Waals surface area contributed by atoms with E-state index >= 15 is 0 Å². The highest BCUT2D eigenvalue weighted by Gasteiger charge is 2.12. The number of rotatable bonds is 3. The highest BCUT2D eigenvalue weighted by Crippen LogP contribution is 2.34. The second kappa shape index (κ2) is 5.78. The van der Waals surface area contributed by atoms with Crippen LogP contribution in [-0.2, 0) is 4.79 Å². The summed E-state index contributed by atoms with van der Waals surface area (Å²) in [6.45, 7) is 6.08. The maximum Gasteiger partial charge on any atom is 0.238 e. The van der Waals surface area contributed by atoms with Gasteiger partial charge < -0.3 is 15.7 Å². The van der Waals surface area contributed by atoms with Gasteiger partial charge in [0.2, 0.25) is 5.91 Å². The molecule has 6 heteroatoms. The highest BCUT2D eigenvalue weighted by molar-refractivity contribution is 6.37. The lowest BCUT2D eigenvalue weighted by molar-refractivity contribution is -0.115. The molecule has 1 aromatic carbocycles. The van der Waals surface area contributed by atoms with Crippen molar-refractivity contribution in [1.29, 1.82) is 0 Å². The lowest BCUT2D eigenvalue weighted by Gasteiger charge is -2.20. The Bertz CT molecular complexity index is 433. The number of nitrogens with one attached hydrogen (secondary N) is 2. The molecule has 0 spiro atoms. The Hall–Kier alpha value is -0.970. The molecule has 0 saturated carbocycles. The molecule has 0 aliphatic carbocycles. The average molecular weight is 291 g/mol. The van der Waals surface area contributed by atoms with Gasteiger partial charge in [0.15, 0.2) is 5.75 Å². The van der Waals surface area contributed by atoms with E-state index in [1.807, 2.05) is 20.8 Å². The molecule has 0 saturated heterocycles. The molecule has 0 aliphatic rings. The van der Waals surface area contributed by atoms with Gasteiger partial charge in [0.25, 0.3) is 0 Å². The van der Waals surface area contributed by atoms with E-state index in [-0.39, 0.29) is 33.8 Å². The smallest absolute Gasteiger partial charge is 0.238 e. The molecule has 0 unspecified atom stereocenters. The molecule has 0 radical (unpaired) electrons. The summed E-state index contributed by atoms with van der Waals surface area (Å²) in [5.74, 6) is -0.396. The molecule has 0 fully saturated rings. The van der Waals surface area contributed by atoms with E-state index in [9.17, 15) is 9.90 Å². The standard InChI is InChI=1S/C12H16Cl2N2O2/c1-12(2,3)15-6-10(17)16-7-4-8(13)11(18)9(14)5-7/h4-5,15,18H,6H2,1-3H3,(H,16,17). The maximum absolute atomic E-state index is 11.6. The van der Waals surface area contributed by atoms with Crippen LogP contribution in [0, 0.1) is 0 Å². The van der Waals surface area contributed by atoms with E-state index in [0.717, 1.165) is 0 Å². The van der Waals surface area contributed by atoms with Crippen molar-refractivity contribution in [1.82, 2.24) is 5.32 Å². The van der Waals surface area contributed by atoms with Crippen LogP contribution in [0.4, 0.5) is 5.69 Å². The summed E-state index contributed by atoms with van der Waals surface area (Å²) in [6.07, 6.45) is 0. The van der Waals surface area contributed by atoms with E-state index < -0.39 is 0 Å². The molecule has 18 heavy (non-hydrogen) atoms. The Balaban J connectivity index is 2.65.